The van der Waals surface area contributed by atoms with Crippen LogP contribution in [0.1, 0.15) is 59.8 Å². The largest absolute Gasteiger partial charge is 0.311 e. The van der Waals surface area contributed by atoms with Crippen LogP contribution in [-0.2, 0) is 0 Å². The molecule has 1 aliphatic heterocycles. The lowest BCUT2D eigenvalue weighted by Gasteiger charge is -2.46. The van der Waals surface area contributed by atoms with Gasteiger partial charge in [0.25, 0.3) is 0 Å². The summed E-state index contributed by atoms with van der Waals surface area (Å²) < 4.78 is 0. The summed E-state index contributed by atoms with van der Waals surface area (Å²) in [6, 6.07) is 1.49. The molecule has 0 aromatic heterocycles. The maximum Gasteiger partial charge on any atom is 0.0269 e. The first kappa shape index (κ1) is 14.3. The quantitative estimate of drug-likeness (QED) is 0.756. The molecule has 0 aromatic carbocycles. The Labute approximate surface area is 114 Å². The third-order valence-corrected chi connectivity index (χ3v) is 4.68. The van der Waals surface area contributed by atoms with Crippen LogP contribution in [0, 0.1) is 11.3 Å². The minimum Gasteiger partial charge on any atom is -0.311 e. The second-order valence-corrected chi connectivity index (χ2v) is 7.44. The summed E-state index contributed by atoms with van der Waals surface area (Å²) in [7, 11) is 0. The minimum atomic E-state index is 0.397. The number of hydrogen-bond donors (Lipinski definition) is 1. The van der Waals surface area contributed by atoms with Gasteiger partial charge >= 0.3 is 0 Å². The number of hydrogen-bond acceptors (Lipinski definition) is 2. The van der Waals surface area contributed by atoms with Crippen molar-refractivity contribution in [1.82, 2.24) is 10.2 Å². The van der Waals surface area contributed by atoms with E-state index in [4.69, 9.17) is 0 Å². The van der Waals surface area contributed by atoms with Gasteiger partial charge in [0.15, 0.2) is 0 Å². The van der Waals surface area contributed by atoms with E-state index in [-0.39, 0.29) is 0 Å². The van der Waals surface area contributed by atoms with Gasteiger partial charge in [-0.05, 0) is 37.1 Å². The highest BCUT2D eigenvalue weighted by molar-refractivity contribution is 4.97. The fraction of sp³-hybridized carbons (Fsp3) is 1.00. The van der Waals surface area contributed by atoms with Crippen LogP contribution >= 0.6 is 0 Å². The fourth-order valence-corrected chi connectivity index (χ4v) is 3.32. The summed E-state index contributed by atoms with van der Waals surface area (Å²) in [6.45, 7) is 13.3. The zero-order valence-corrected chi connectivity index (χ0v) is 12.8. The normalized spacial score (nSPS) is 30.7. The first-order chi connectivity index (χ1) is 8.52. The Morgan fingerprint density at radius 2 is 1.89 bits per heavy atom. The maximum absolute atomic E-state index is 3.82. The van der Waals surface area contributed by atoms with E-state index in [2.05, 4.69) is 37.9 Å². The molecule has 2 aliphatic rings. The highest BCUT2D eigenvalue weighted by atomic mass is 15.2. The molecule has 1 aliphatic carbocycles. The Morgan fingerprint density at radius 3 is 2.44 bits per heavy atom. The summed E-state index contributed by atoms with van der Waals surface area (Å²) in [6.07, 6.45) is 7.01. The molecular weight excluding hydrogens is 220 g/mol. The smallest absolute Gasteiger partial charge is 0.0269 e. The summed E-state index contributed by atoms with van der Waals surface area (Å²) >= 11 is 0. The molecule has 2 fully saturated rings. The fourth-order valence-electron chi connectivity index (χ4n) is 3.32. The molecule has 1 saturated carbocycles. The van der Waals surface area contributed by atoms with Crippen molar-refractivity contribution in [2.75, 3.05) is 19.6 Å². The van der Waals surface area contributed by atoms with Crippen LogP contribution in [0.2, 0.25) is 0 Å². The second kappa shape index (κ2) is 5.92. The van der Waals surface area contributed by atoms with Crippen molar-refractivity contribution in [2.45, 2.75) is 71.9 Å². The molecule has 0 spiro atoms. The summed E-state index contributed by atoms with van der Waals surface area (Å²) in [5, 5.41) is 3.82. The highest BCUT2D eigenvalue weighted by Crippen LogP contribution is 2.36. The number of nitrogens with one attached hydrogen (secondary N) is 1. The molecule has 0 aromatic rings. The Balaban J connectivity index is 1.91. The second-order valence-electron chi connectivity index (χ2n) is 7.44. The van der Waals surface area contributed by atoms with E-state index in [9.17, 15) is 0 Å². The average molecular weight is 252 g/mol. The van der Waals surface area contributed by atoms with Crippen molar-refractivity contribution in [3.63, 3.8) is 0 Å². The summed E-state index contributed by atoms with van der Waals surface area (Å²) in [4.78, 5) is 2.79. The highest BCUT2D eigenvalue weighted by Gasteiger charge is 2.40. The van der Waals surface area contributed by atoms with Gasteiger partial charge < -0.3 is 5.32 Å². The van der Waals surface area contributed by atoms with Gasteiger partial charge in [-0.1, -0.05) is 40.5 Å². The molecule has 18 heavy (non-hydrogen) atoms. The standard InChI is InChI=1S/C16H32N2/c1-5-6-7-10-18-12-14(13-8-9-13)17-11-15(18)16(2,3)4/h13-15,17H,5-12H2,1-4H3. The predicted molar refractivity (Wildman–Crippen MR) is 78.9 cm³/mol. The molecule has 2 heteroatoms. The molecular formula is C16H32N2. The Bertz CT molecular complexity index is 252. The predicted octanol–water partition coefficient (Wildman–Crippen LogP) is 3.28. The number of nitrogens with zero attached hydrogens (tertiary/aromatic N) is 1. The lowest BCUT2D eigenvalue weighted by molar-refractivity contribution is 0.0499. The van der Waals surface area contributed by atoms with Crippen molar-refractivity contribution in [3.8, 4) is 0 Å². The zero-order chi connectivity index (χ0) is 13.2. The molecule has 2 atom stereocenters. The van der Waals surface area contributed by atoms with Crippen molar-refractivity contribution in [1.29, 1.82) is 0 Å². The number of rotatable bonds is 5. The zero-order valence-electron chi connectivity index (χ0n) is 12.8. The number of unbranched alkanes of at least 4 members (excludes halogenated alkanes) is 2. The topological polar surface area (TPSA) is 15.3 Å². The molecule has 2 rings (SSSR count). The van der Waals surface area contributed by atoms with Crippen LogP contribution in [0.4, 0.5) is 0 Å². The third kappa shape index (κ3) is 3.71. The van der Waals surface area contributed by atoms with E-state index in [0.717, 1.165) is 12.0 Å². The van der Waals surface area contributed by atoms with Gasteiger partial charge in [0.1, 0.15) is 0 Å². The molecule has 0 bridgehead atoms. The first-order valence-corrected chi connectivity index (χ1v) is 7.99. The molecule has 1 heterocycles. The number of piperazine rings is 1. The third-order valence-electron chi connectivity index (χ3n) is 4.68. The first-order valence-electron chi connectivity index (χ1n) is 7.99. The minimum absolute atomic E-state index is 0.397. The van der Waals surface area contributed by atoms with Crippen LogP contribution in [0.5, 0.6) is 0 Å². The van der Waals surface area contributed by atoms with Gasteiger partial charge in [-0.2, -0.15) is 0 Å². The van der Waals surface area contributed by atoms with Gasteiger partial charge in [0, 0.05) is 25.2 Å². The molecule has 1 saturated heterocycles. The van der Waals surface area contributed by atoms with Crippen LogP contribution in [0.25, 0.3) is 0 Å². The molecule has 0 radical (unpaired) electrons. The lowest BCUT2D eigenvalue weighted by Crippen LogP contribution is -2.61. The van der Waals surface area contributed by atoms with Gasteiger partial charge in [-0.15, -0.1) is 0 Å². The van der Waals surface area contributed by atoms with Crippen molar-refractivity contribution < 1.29 is 0 Å². The average Bonchev–Trinajstić information content (AvgIpc) is 3.11. The van der Waals surface area contributed by atoms with Crippen LogP contribution in [0.3, 0.4) is 0 Å². The molecule has 2 nitrogen and oxygen atoms in total. The van der Waals surface area contributed by atoms with E-state index in [1.165, 1.54) is 51.7 Å². The Kier molecular flexibility index (Phi) is 4.71. The van der Waals surface area contributed by atoms with E-state index in [0.29, 0.717) is 11.5 Å². The SMILES string of the molecule is CCCCCN1CC(C2CC2)NCC1C(C)(C)C. The summed E-state index contributed by atoms with van der Waals surface area (Å²) in [5.74, 6) is 0.986. The molecule has 1 N–H and O–H groups in total. The van der Waals surface area contributed by atoms with Crippen LogP contribution in [-0.4, -0.2) is 36.6 Å². The maximum atomic E-state index is 3.82. The van der Waals surface area contributed by atoms with Crippen LogP contribution in [0.15, 0.2) is 0 Å². The molecule has 106 valence electrons. The summed E-state index contributed by atoms with van der Waals surface area (Å²) in [5.41, 5.74) is 0.397. The van der Waals surface area contributed by atoms with Crippen LogP contribution < -0.4 is 5.32 Å². The molecule has 2 unspecified atom stereocenters. The van der Waals surface area contributed by atoms with Gasteiger partial charge in [0.2, 0.25) is 0 Å². The van der Waals surface area contributed by atoms with Crippen molar-refractivity contribution >= 4 is 0 Å². The van der Waals surface area contributed by atoms with E-state index in [1.54, 1.807) is 0 Å². The van der Waals surface area contributed by atoms with Gasteiger partial charge in [0.05, 0.1) is 0 Å². The van der Waals surface area contributed by atoms with Crippen molar-refractivity contribution in [2.24, 2.45) is 11.3 Å². The monoisotopic (exact) mass is 252 g/mol. The Hall–Kier alpha value is -0.0800. The van der Waals surface area contributed by atoms with Gasteiger partial charge in [-0.3, -0.25) is 4.90 Å². The van der Waals surface area contributed by atoms with E-state index >= 15 is 0 Å². The van der Waals surface area contributed by atoms with E-state index < -0.39 is 0 Å². The Morgan fingerprint density at radius 1 is 1.17 bits per heavy atom. The van der Waals surface area contributed by atoms with Crippen molar-refractivity contribution in [3.05, 3.63) is 0 Å². The van der Waals surface area contributed by atoms with E-state index in [1.807, 2.05) is 0 Å². The van der Waals surface area contributed by atoms with Gasteiger partial charge in [-0.25, -0.2) is 0 Å². The lowest BCUT2D eigenvalue weighted by atomic mass is 9.83. The molecule has 0 amide bonds.